The fourth-order valence-electron chi connectivity index (χ4n) is 1.81. The van der Waals surface area contributed by atoms with E-state index in [4.69, 9.17) is 0 Å². The van der Waals surface area contributed by atoms with E-state index in [2.05, 4.69) is 25.8 Å². The van der Waals surface area contributed by atoms with Gasteiger partial charge in [-0.1, -0.05) is 51.1 Å². The van der Waals surface area contributed by atoms with Crippen molar-refractivity contribution in [2.24, 2.45) is 0 Å². The highest BCUT2D eigenvalue weighted by atomic mass is 16.1. The predicted molar refractivity (Wildman–Crippen MR) is 73.8 cm³/mol. The molecule has 0 amide bonds. The smallest absolute Gasteiger partial charge is 0.152 e. The van der Waals surface area contributed by atoms with Gasteiger partial charge in [0, 0.05) is 22.2 Å². The third kappa shape index (κ3) is 2.48. The minimum absolute atomic E-state index is 0.0229. The van der Waals surface area contributed by atoms with Crippen LogP contribution in [0.4, 0.5) is 0 Å². The molecule has 0 N–H and O–H groups in total. The van der Waals surface area contributed by atoms with Gasteiger partial charge in [0.05, 0.1) is 5.69 Å². The molecule has 2 nitrogen and oxygen atoms in total. The predicted octanol–water partition coefficient (Wildman–Crippen LogP) is 3.86. The molecule has 2 aromatic rings. The van der Waals surface area contributed by atoms with E-state index in [-0.39, 0.29) is 5.41 Å². The summed E-state index contributed by atoms with van der Waals surface area (Å²) in [5.41, 5.74) is 3.34. The van der Waals surface area contributed by atoms with Crippen molar-refractivity contribution in [1.82, 2.24) is 4.98 Å². The van der Waals surface area contributed by atoms with Crippen LogP contribution in [0.3, 0.4) is 0 Å². The Labute approximate surface area is 108 Å². The van der Waals surface area contributed by atoms with Crippen molar-refractivity contribution >= 4 is 6.29 Å². The maximum atomic E-state index is 11.1. The van der Waals surface area contributed by atoms with Crippen molar-refractivity contribution in [1.29, 1.82) is 0 Å². The monoisotopic (exact) mass is 239 g/mol. The quantitative estimate of drug-likeness (QED) is 0.745. The Hall–Kier alpha value is -1.96. The molecule has 0 unspecified atom stereocenters. The molecule has 0 aliphatic heterocycles. The molecular formula is C16H17NO. The van der Waals surface area contributed by atoms with Crippen LogP contribution in [0.25, 0.3) is 11.3 Å². The topological polar surface area (TPSA) is 30.0 Å². The van der Waals surface area contributed by atoms with Gasteiger partial charge in [-0.3, -0.25) is 9.78 Å². The Morgan fingerprint density at radius 2 is 1.67 bits per heavy atom. The lowest BCUT2D eigenvalue weighted by Crippen LogP contribution is -2.14. The fraction of sp³-hybridized carbons (Fsp3) is 0.250. The van der Waals surface area contributed by atoms with Gasteiger partial charge in [0.25, 0.3) is 0 Å². The van der Waals surface area contributed by atoms with E-state index < -0.39 is 0 Å². The molecule has 2 heteroatoms. The lowest BCUT2D eigenvalue weighted by Gasteiger charge is -2.19. The lowest BCUT2D eigenvalue weighted by atomic mass is 9.90. The van der Waals surface area contributed by atoms with Gasteiger partial charge in [-0.05, 0) is 12.1 Å². The van der Waals surface area contributed by atoms with Crippen molar-refractivity contribution < 1.29 is 4.79 Å². The standard InChI is InChI=1S/C16H17NO/c1-16(2,3)14-10-9-13(11-18)15(17-14)12-7-5-4-6-8-12/h4-11H,1-3H3. The third-order valence-corrected chi connectivity index (χ3v) is 2.87. The first-order valence-corrected chi connectivity index (χ1v) is 6.04. The van der Waals surface area contributed by atoms with Crippen molar-refractivity contribution in [3.8, 4) is 11.3 Å². The third-order valence-electron chi connectivity index (χ3n) is 2.87. The zero-order chi connectivity index (χ0) is 13.2. The molecule has 92 valence electrons. The van der Waals surface area contributed by atoms with Gasteiger partial charge >= 0.3 is 0 Å². The van der Waals surface area contributed by atoms with E-state index >= 15 is 0 Å². The molecule has 0 aliphatic carbocycles. The summed E-state index contributed by atoms with van der Waals surface area (Å²) in [7, 11) is 0. The second kappa shape index (κ2) is 4.73. The summed E-state index contributed by atoms with van der Waals surface area (Å²) in [6, 6.07) is 13.6. The average molecular weight is 239 g/mol. The molecule has 1 aromatic heterocycles. The number of aromatic nitrogens is 1. The average Bonchev–Trinajstić information content (AvgIpc) is 2.38. The van der Waals surface area contributed by atoms with Crippen LogP contribution in [0, 0.1) is 0 Å². The van der Waals surface area contributed by atoms with Gasteiger partial charge in [0.1, 0.15) is 0 Å². The van der Waals surface area contributed by atoms with E-state index in [1.165, 1.54) is 0 Å². The molecule has 0 radical (unpaired) electrons. The summed E-state index contributed by atoms with van der Waals surface area (Å²) in [5.74, 6) is 0. The number of nitrogens with zero attached hydrogens (tertiary/aromatic N) is 1. The van der Waals surface area contributed by atoms with Crippen molar-refractivity contribution in [2.45, 2.75) is 26.2 Å². The molecular weight excluding hydrogens is 222 g/mol. The molecule has 1 aromatic carbocycles. The second-order valence-corrected chi connectivity index (χ2v) is 5.37. The summed E-state index contributed by atoms with van der Waals surface area (Å²) < 4.78 is 0. The molecule has 0 spiro atoms. The molecule has 2 rings (SSSR count). The fourth-order valence-corrected chi connectivity index (χ4v) is 1.81. The number of hydrogen-bond donors (Lipinski definition) is 0. The van der Waals surface area contributed by atoms with Gasteiger partial charge in [-0.2, -0.15) is 0 Å². The van der Waals surface area contributed by atoms with E-state index in [9.17, 15) is 4.79 Å². The Kier molecular flexibility index (Phi) is 3.28. The maximum Gasteiger partial charge on any atom is 0.152 e. The van der Waals surface area contributed by atoms with Crippen LogP contribution >= 0.6 is 0 Å². The number of benzene rings is 1. The molecule has 0 saturated heterocycles. The zero-order valence-corrected chi connectivity index (χ0v) is 11.0. The lowest BCUT2D eigenvalue weighted by molar-refractivity contribution is 0.112. The number of pyridine rings is 1. The van der Waals surface area contributed by atoms with Crippen LogP contribution < -0.4 is 0 Å². The highest BCUT2D eigenvalue weighted by molar-refractivity contribution is 5.85. The number of rotatable bonds is 2. The Morgan fingerprint density at radius 1 is 1.00 bits per heavy atom. The minimum atomic E-state index is -0.0229. The maximum absolute atomic E-state index is 11.1. The first-order chi connectivity index (χ1) is 8.52. The van der Waals surface area contributed by atoms with Gasteiger partial charge in [0.15, 0.2) is 6.29 Å². The van der Waals surface area contributed by atoms with Crippen LogP contribution in [0.2, 0.25) is 0 Å². The van der Waals surface area contributed by atoms with E-state index in [1.807, 2.05) is 42.5 Å². The summed E-state index contributed by atoms with van der Waals surface area (Å²) in [6.45, 7) is 6.35. The number of aldehydes is 1. The first kappa shape index (κ1) is 12.5. The summed E-state index contributed by atoms with van der Waals surface area (Å²) in [5, 5.41) is 0. The molecule has 0 atom stereocenters. The van der Waals surface area contributed by atoms with Crippen LogP contribution in [0.5, 0.6) is 0 Å². The van der Waals surface area contributed by atoms with E-state index in [0.29, 0.717) is 5.56 Å². The molecule has 1 heterocycles. The largest absolute Gasteiger partial charge is 0.298 e. The highest BCUT2D eigenvalue weighted by Gasteiger charge is 2.17. The van der Waals surface area contributed by atoms with Gasteiger partial charge in [0.2, 0.25) is 0 Å². The number of carbonyl (C=O) groups is 1. The van der Waals surface area contributed by atoms with Crippen LogP contribution in [0.1, 0.15) is 36.8 Å². The normalized spacial score (nSPS) is 11.3. The summed E-state index contributed by atoms with van der Waals surface area (Å²) >= 11 is 0. The van der Waals surface area contributed by atoms with Crippen LogP contribution in [-0.4, -0.2) is 11.3 Å². The Bertz CT molecular complexity index is 553. The number of carbonyl (C=O) groups excluding carboxylic acids is 1. The molecule has 0 fully saturated rings. The van der Waals surface area contributed by atoms with Crippen molar-refractivity contribution in [3.63, 3.8) is 0 Å². The molecule has 0 bridgehead atoms. The summed E-state index contributed by atoms with van der Waals surface area (Å²) in [4.78, 5) is 15.8. The van der Waals surface area contributed by atoms with Crippen molar-refractivity contribution in [3.05, 3.63) is 53.7 Å². The van der Waals surface area contributed by atoms with Gasteiger partial charge < -0.3 is 0 Å². The summed E-state index contributed by atoms with van der Waals surface area (Å²) in [6.07, 6.45) is 0.863. The van der Waals surface area contributed by atoms with E-state index in [1.54, 1.807) is 0 Å². The first-order valence-electron chi connectivity index (χ1n) is 6.04. The molecule has 0 saturated carbocycles. The zero-order valence-electron chi connectivity index (χ0n) is 11.0. The highest BCUT2D eigenvalue weighted by Crippen LogP contribution is 2.26. The van der Waals surface area contributed by atoms with Gasteiger partial charge in [-0.25, -0.2) is 0 Å². The SMILES string of the molecule is CC(C)(C)c1ccc(C=O)c(-c2ccccc2)n1. The Morgan fingerprint density at radius 3 is 2.22 bits per heavy atom. The van der Waals surface area contributed by atoms with Crippen LogP contribution in [0.15, 0.2) is 42.5 Å². The van der Waals surface area contributed by atoms with Crippen LogP contribution in [-0.2, 0) is 5.41 Å². The number of hydrogen-bond acceptors (Lipinski definition) is 2. The minimum Gasteiger partial charge on any atom is -0.298 e. The Balaban J connectivity index is 2.61. The second-order valence-electron chi connectivity index (χ2n) is 5.37. The van der Waals surface area contributed by atoms with Crippen molar-refractivity contribution in [2.75, 3.05) is 0 Å². The molecule has 18 heavy (non-hydrogen) atoms. The van der Waals surface area contributed by atoms with E-state index in [0.717, 1.165) is 23.2 Å². The molecule has 0 aliphatic rings. The van der Waals surface area contributed by atoms with Gasteiger partial charge in [-0.15, -0.1) is 0 Å².